The Kier molecular flexibility index (Phi) is 6.59. The summed E-state index contributed by atoms with van der Waals surface area (Å²) in [7, 11) is 0. The summed E-state index contributed by atoms with van der Waals surface area (Å²) in [5, 5.41) is 10.8. The van der Waals surface area contributed by atoms with Crippen molar-refractivity contribution in [2.45, 2.75) is 78.6 Å². The van der Waals surface area contributed by atoms with Crippen LogP contribution in [0.1, 0.15) is 88.4 Å². The number of hydrogen-bond donors (Lipinski definition) is 1. The second-order valence-electron chi connectivity index (χ2n) is 9.56. The molecule has 0 aromatic heterocycles. The summed E-state index contributed by atoms with van der Waals surface area (Å²) in [5.41, 5.74) is 2.63. The standard InChI is InChI=1S/C25H34O3/c1-8-9-10-17-11-13-19(14-12-17)28-23(27)18-15-20(24(2,3)4)22(26)21(16-18)25(5,6)7/h11-16,26H,8-10H2,1-7H3. The molecule has 0 fully saturated rings. The zero-order valence-corrected chi connectivity index (χ0v) is 18.3. The second kappa shape index (κ2) is 8.38. The van der Waals surface area contributed by atoms with E-state index in [2.05, 4.69) is 6.92 Å². The molecular formula is C25H34O3. The van der Waals surface area contributed by atoms with Crippen LogP contribution in [0.5, 0.6) is 11.5 Å². The summed E-state index contributed by atoms with van der Waals surface area (Å²) in [6.07, 6.45) is 3.34. The molecule has 2 aromatic rings. The minimum Gasteiger partial charge on any atom is -0.507 e. The molecule has 28 heavy (non-hydrogen) atoms. The van der Waals surface area contributed by atoms with E-state index in [0.717, 1.165) is 30.4 Å². The van der Waals surface area contributed by atoms with Crippen LogP contribution < -0.4 is 4.74 Å². The average molecular weight is 383 g/mol. The summed E-state index contributed by atoms with van der Waals surface area (Å²) in [6.45, 7) is 14.3. The van der Waals surface area contributed by atoms with Crippen LogP contribution in [0.2, 0.25) is 0 Å². The molecule has 0 bridgehead atoms. The lowest BCUT2D eigenvalue weighted by Crippen LogP contribution is -2.20. The monoisotopic (exact) mass is 382 g/mol. The lowest BCUT2D eigenvalue weighted by atomic mass is 9.78. The molecule has 0 aliphatic rings. The van der Waals surface area contributed by atoms with Crippen molar-refractivity contribution < 1.29 is 14.6 Å². The molecule has 0 spiro atoms. The Bertz CT molecular complexity index is 783. The number of aromatic hydroxyl groups is 1. The Balaban J connectivity index is 2.34. The van der Waals surface area contributed by atoms with Gasteiger partial charge in [0, 0.05) is 11.1 Å². The number of unbranched alkanes of at least 4 members (excludes halogenated alkanes) is 1. The van der Waals surface area contributed by atoms with Gasteiger partial charge in [-0.05, 0) is 53.5 Å². The van der Waals surface area contributed by atoms with Gasteiger partial charge >= 0.3 is 5.97 Å². The molecule has 0 radical (unpaired) electrons. The molecule has 3 nitrogen and oxygen atoms in total. The van der Waals surface area contributed by atoms with E-state index in [4.69, 9.17) is 4.74 Å². The summed E-state index contributed by atoms with van der Waals surface area (Å²) in [5.74, 6) is 0.391. The molecule has 2 aromatic carbocycles. The van der Waals surface area contributed by atoms with E-state index >= 15 is 0 Å². The number of rotatable bonds is 5. The first-order chi connectivity index (χ1) is 12.9. The van der Waals surface area contributed by atoms with Crippen LogP contribution in [-0.4, -0.2) is 11.1 Å². The molecule has 0 saturated heterocycles. The number of phenolic OH excluding ortho intramolecular Hbond substituents is 1. The number of carbonyl (C=O) groups excluding carboxylic acids is 1. The maximum atomic E-state index is 12.8. The molecule has 1 N–H and O–H groups in total. The van der Waals surface area contributed by atoms with Gasteiger partial charge in [0.15, 0.2) is 0 Å². The molecule has 152 valence electrons. The molecule has 0 saturated carbocycles. The summed E-state index contributed by atoms with van der Waals surface area (Å²) < 4.78 is 5.61. The highest BCUT2D eigenvalue weighted by atomic mass is 16.5. The van der Waals surface area contributed by atoms with Crippen molar-refractivity contribution in [1.29, 1.82) is 0 Å². The van der Waals surface area contributed by atoms with Crippen LogP contribution >= 0.6 is 0 Å². The fraction of sp³-hybridized carbons (Fsp3) is 0.480. The number of hydrogen-bond acceptors (Lipinski definition) is 3. The van der Waals surface area contributed by atoms with E-state index in [1.54, 1.807) is 12.1 Å². The molecule has 2 rings (SSSR count). The molecule has 0 aliphatic carbocycles. The minimum absolute atomic E-state index is 0.261. The highest BCUT2D eigenvalue weighted by molar-refractivity contribution is 5.92. The fourth-order valence-electron chi connectivity index (χ4n) is 3.17. The maximum Gasteiger partial charge on any atom is 0.343 e. The topological polar surface area (TPSA) is 46.5 Å². The first-order valence-electron chi connectivity index (χ1n) is 10.1. The van der Waals surface area contributed by atoms with Crippen LogP contribution in [0.4, 0.5) is 0 Å². The van der Waals surface area contributed by atoms with Crippen molar-refractivity contribution in [2.75, 3.05) is 0 Å². The highest BCUT2D eigenvalue weighted by Crippen LogP contribution is 2.40. The summed E-state index contributed by atoms with van der Waals surface area (Å²) >= 11 is 0. The molecule has 0 amide bonds. The molecule has 0 atom stereocenters. The van der Waals surface area contributed by atoms with E-state index < -0.39 is 5.97 Å². The van der Waals surface area contributed by atoms with Crippen molar-refractivity contribution >= 4 is 5.97 Å². The van der Waals surface area contributed by atoms with Gasteiger partial charge in [-0.3, -0.25) is 0 Å². The van der Waals surface area contributed by atoms with Gasteiger partial charge in [-0.2, -0.15) is 0 Å². The zero-order chi connectivity index (χ0) is 21.1. The Hall–Kier alpha value is -2.29. The first kappa shape index (κ1) is 22.0. The van der Waals surface area contributed by atoms with Gasteiger partial charge in [-0.15, -0.1) is 0 Å². The highest BCUT2D eigenvalue weighted by Gasteiger charge is 2.28. The third-order valence-corrected chi connectivity index (χ3v) is 4.91. The summed E-state index contributed by atoms with van der Waals surface area (Å²) in [6, 6.07) is 11.2. The number of carbonyl (C=O) groups is 1. The van der Waals surface area contributed by atoms with E-state index in [0.29, 0.717) is 11.3 Å². The number of esters is 1. The van der Waals surface area contributed by atoms with Gasteiger partial charge in [0.2, 0.25) is 0 Å². The number of ether oxygens (including phenoxy) is 1. The van der Waals surface area contributed by atoms with Gasteiger partial charge in [0.05, 0.1) is 5.56 Å². The normalized spacial score (nSPS) is 12.1. The average Bonchev–Trinajstić information content (AvgIpc) is 2.59. The Labute approximate surface area is 169 Å². The molecule has 0 aliphatic heterocycles. The second-order valence-corrected chi connectivity index (χ2v) is 9.56. The number of phenols is 1. The predicted octanol–water partition coefficient (Wildman–Crippen LogP) is 6.55. The lowest BCUT2D eigenvalue weighted by Gasteiger charge is -2.27. The molecule has 0 unspecified atom stereocenters. The zero-order valence-electron chi connectivity index (χ0n) is 18.3. The summed E-state index contributed by atoms with van der Waals surface area (Å²) in [4.78, 5) is 12.8. The lowest BCUT2D eigenvalue weighted by molar-refractivity contribution is 0.0734. The Morgan fingerprint density at radius 3 is 1.86 bits per heavy atom. The van der Waals surface area contributed by atoms with E-state index in [9.17, 15) is 9.90 Å². The largest absolute Gasteiger partial charge is 0.507 e. The van der Waals surface area contributed by atoms with E-state index in [1.165, 1.54) is 5.56 Å². The van der Waals surface area contributed by atoms with Gasteiger partial charge < -0.3 is 9.84 Å². The van der Waals surface area contributed by atoms with Crippen molar-refractivity contribution in [2.24, 2.45) is 0 Å². The molecule has 0 heterocycles. The van der Waals surface area contributed by atoms with E-state index in [1.807, 2.05) is 65.8 Å². The fourth-order valence-corrected chi connectivity index (χ4v) is 3.17. The molecular weight excluding hydrogens is 348 g/mol. The quantitative estimate of drug-likeness (QED) is 0.471. The smallest absolute Gasteiger partial charge is 0.343 e. The van der Waals surface area contributed by atoms with Crippen molar-refractivity contribution in [3.05, 3.63) is 58.7 Å². The predicted molar refractivity (Wildman–Crippen MR) is 116 cm³/mol. The van der Waals surface area contributed by atoms with Crippen molar-refractivity contribution in [3.63, 3.8) is 0 Å². The number of benzene rings is 2. The van der Waals surface area contributed by atoms with Crippen LogP contribution in [0.15, 0.2) is 36.4 Å². The van der Waals surface area contributed by atoms with Crippen LogP contribution in [0.3, 0.4) is 0 Å². The van der Waals surface area contributed by atoms with Crippen LogP contribution in [-0.2, 0) is 17.3 Å². The minimum atomic E-state index is -0.405. The van der Waals surface area contributed by atoms with Gasteiger partial charge in [0.1, 0.15) is 11.5 Å². The first-order valence-corrected chi connectivity index (χ1v) is 10.1. The van der Waals surface area contributed by atoms with Crippen molar-refractivity contribution in [1.82, 2.24) is 0 Å². The maximum absolute atomic E-state index is 12.8. The number of aryl methyl sites for hydroxylation is 1. The third-order valence-electron chi connectivity index (χ3n) is 4.91. The third kappa shape index (κ3) is 5.37. The van der Waals surface area contributed by atoms with Crippen LogP contribution in [0, 0.1) is 0 Å². The van der Waals surface area contributed by atoms with Gasteiger partial charge in [0.25, 0.3) is 0 Å². The van der Waals surface area contributed by atoms with Gasteiger partial charge in [-0.25, -0.2) is 4.79 Å². The van der Waals surface area contributed by atoms with Crippen molar-refractivity contribution in [3.8, 4) is 11.5 Å². The van der Waals surface area contributed by atoms with E-state index in [-0.39, 0.29) is 16.6 Å². The van der Waals surface area contributed by atoms with Crippen LogP contribution in [0.25, 0.3) is 0 Å². The molecule has 3 heteroatoms. The Morgan fingerprint density at radius 1 is 0.929 bits per heavy atom. The Morgan fingerprint density at radius 2 is 1.43 bits per heavy atom. The SMILES string of the molecule is CCCCc1ccc(OC(=O)c2cc(C(C)(C)C)c(O)c(C(C)(C)C)c2)cc1. The van der Waals surface area contributed by atoms with Gasteiger partial charge in [-0.1, -0.05) is 67.0 Å².